The van der Waals surface area contributed by atoms with Crippen LogP contribution in [-0.2, 0) is 4.79 Å². The van der Waals surface area contributed by atoms with E-state index in [4.69, 9.17) is 4.74 Å². The molecule has 0 spiro atoms. The van der Waals surface area contributed by atoms with Crippen molar-refractivity contribution in [3.8, 4) is 17.6 Å². The Kier molecular flexibility index (Phi) is 4.36. The number of hydrogen-bond acceptors (Lipinski definition) is 7. The number of aliphatic hydroxyl groups is 1. The molecule has 1 N–H and O–H groups in total. The van der Waals surface area contributed by atoms with Crippen LogP contribution in [0.4, 0.5) is 14.5 Å². The Morgan fingerprint density at radius 3 is 2.28 bits per heavy atom. The second kappa shape index (κ2) is 6.01. The number of Topliss-reactive ketones (excluding diaryl/α,β-unsaturated/α-hetero) is 1. The largest absolute Gasteiger partial charge is 0.505 e. The number of nitro groups is 1. The summed E-state index contributed by atoms with van der Waals surface area (Å²) in [7, 11) is 0. The summed E-state index contributed by atoms with van der Waals surface area (Å²) in [6, 6.07) is 1.44. The molecule has 1 aromatic carbocycles. The molecule has 2 aliphatic heterocycles. The van der Waals surface area contributed by atoms with Gasteiger partial charge in [0.1, 0.15) is 17.2 Å². The Labute approximate surface area is 140 Å². The third-order valence-electron chi connectivity index (χ3n) is 3.35. The van der Waals surface area contributed by atoms with E-state index < -0.39 is 68.6 Å². The van der Waals surface area contributed by atoms with Gasteiger partial charge in [-0.3, -0.25) is 14.9 Å². The van der Waals surface area contributed by atoms with Crippen molar-refractivity contribution < 1.29 is 33.1 Å². The molecule has 0 saturated carbocycles. The van der Waals surface area contributed by atoms with E-state index in [2.05, 4.69) is 4.74 Å². The second-order valence-electron chi connectivity index (χ2n) is 6.09. The highest BCUT2D eigenvalue weighted by Crippen LogP contribution is 2.47. The predicted molar refractivity (Wildman–Crippen MR) is 78.8 cm³/mol. The van der Waals surface area contributed by atoms with Gasteiger partial charge in [-0.05, 0) is 0 Å². The number of halogens is 2. The van der Waals surface area contributed by atoms with Gasteiger partial charge in [0, 0.05) is 5.41 Å². The number of ether oxygens (including phenoxy) is 2. The van der Waals surface area contributed by atoms with Crippen LogP contribution in [-0.4, -0.2) is 22.6 Å². The molecular weight excluding hydrogens is 342 g/mol. The number of benzene rings is 1. The number of aliphatic hydroxyl groups excluding tert-OH is 1. The first-order chi connectivity index (χ1) is 11.5. The van der Waals surface area contributed by atoms with Crippen LogP contribution in [0.15, 0.2) is 5.57 Å². The third-order valence-corrected chi connectivity index (χ3v) is 3.35. The van der Waals surface area contributed by atoms with Gasteiger partial charge in [0.2, 0.25) is 24.2 Å². The molecule has 2 heterocycles. The molecule has 2 aliphatic rings. The van der Waals surface area contributed by atoms with Crippen molar-refractivity contribution in [2.45, 2.75) is 20.8 Å². The Bertz CT molecular complexity index is 864. The Morgan fingerprint density at radius 1 is 1.28 bits per heavy atom. The number of nitro benzene ring substituents is 1. The van der Waals surface area contributed by atoms with Gasteiger partial charge < -0.3 is 14.6 Å². The molecule has 0 unspecified atom stereocenters. The van der Waals surface area contributed by atoms with E-state index in [9.17, 15) is 34.1 Å². The first-order valence-electron chi connectivity index (χ1n) is 6.85. The lowest BCUT2D eigenvalue weighted by Crippen LogP contribution is -2.22. The van der Waals surface area contributed by atoms with E-state index in [1.807, 2.05) is 0 Å². The van der Waals surface area contributed by atoms with Gasteiger partial charge in [-0.15, -0.1) is 0 Å². The van der Waals surface area contributed by atoms with Gasteiger partial charge in [0.15, 0.2) is 17.3 Å². The van der Waals surface area contributed by atoms with E-state index in [0.717, 1.165) is 0 Å². The lowest BCUT2D eigenvalue weighted by molar-refractivity contribution is -0.386. The molecule has 0 amide bonds. The van der Waals surface area contributed by atoms with E-state index >= 15 is 0 Å². The number of nitrogens with zero attached hydrogens (tertiary/aromatic N) is 2. The zero-order chi connectivity index (χ0) is 19.1. The molecule has 0 saturated heterocycles. The lowest BCUT2D eigenvalue weighted by atomic mass is 9.85. The summed E-state index contributed by atoms with van der Waals surface area (Å²) in [5.41, 5.74) is -4.03. The summed E-state index contributed by atoms with van der Waals surface area (Å²) in [4.78, 5) is 22.5. The van der Waals surface area contributed by atoms with Crippen LogP contribution in [0.3, 0.4) is 0 Å². The number of carbonyl (C=O) groups is 1. The number of rotatable bonds is 3. The number of ketones is 1. The second-order valence-corrected chi connectivity index (χ2v) is 6.09. The maximum absolute atomic E-state index is 14.1. The van der Waals surface area contributed by atoms with Crippen molar-refractivity contribution in [2.75, 3.05) is 6.79 Å². The summed E-state index contributed by atoms with van der Waals surface area (Å²) in [6.45, 7) is 3.59. The zero-order valence-electron chi connectivity index (χ0n) is 13.3. The van der Waals surface area contributed by atoms with Crippen molar-refractivity contribution in [3.63, 3.8) is 0 Å². The summed E-state index contributed by atoms with van der Waals surface area (Å²) in [5.74, 6) is -7.45. The Balaban J connectivity index is 2.93. The topological polar surface area (TPSA) is 123 Å². The van der Waals surface area contributed by atoms with E-state index in [0.29, 0.717) is 0 Å². The standard InChI is InChI=1S/C15H12F2N2O6/c1-15(2,3)14(21)6(4-18)11(20)7-10(19(22)23)13-9(17)8(16)12(7)24-5-25-13/h20H,5H2,1-3H3. The summed E-state index contributed by atoms with van der Waals surface area (Å²) >= 11 is 0. The molecular formula is C15H12F2N2O6. The average molecular weight is 354 g/mol. The molecule has 0 atom stereocenters. The molecule has 3 rings (SSSR count). The van der Waals surface area contributed by atoms with Crippen LogP contribution in [0.2, 0.25) is 0 Å². The SMILES string of the molecule is CC(C)(C)C(=O)C(C#N)=C(O)c1c2c(F)c(F)c(c1[N+](=O)[O-])OCO2. The van der Waals surface area contributed by atoms with Crippen molar-refractivity contribution in [3.05, 3.63) is 32.9 Å². The fraction of sp³-hybridized carbons (Fsp3) is 0.333. The van der Waals surface area contributed by atoms with Gasteiger partial charge in [-0.2, -0.15) is 14.0 Å². The average Bonchev–Trinajstić information content (AvgIpc) is 2.79. The molecule has 0 fully saturated rings. The molecule has 8 nitrogen and oxygen atoms in total. The minimum absolute atomic E-state index is 0.755. The molecule has 0 aliphatic carbocycles. The Morgan fingerprint density at radius 2 is 1.80 bits per heavy atom. The van der Waals surface area contributed by atoms with Gasteiger partial charge in [0.05, 0.1) is 4.92 Å². The fourth-order valence-electron chi connectivity index (χ4n) is 2.15. The fourth-order valence-corrected chi connectivity index (χ4v) is 2.15. The number of allylic oxidation sites excluding steroid dienone is 1. The van der Waals surface area contributed by atoms with Crippen molar-refractivity contribution >= 4 is 17.2 Å². The quantitative estimate of drug-likeness (QED) is 0.291. The van der Waals surface area contributed by atoms with Gasteiger partial charge >= 0.3 is 5.69 Å². The van der Waals surface area contributed by atoms with Crippen LogP contribution < -0.4 is 9.47 Å². The van der Waals surface area contributed by atoms with Crippen molar-refractivity contribution in [1.82, 2.24) is 0 Å². The minimum atomic E-state index is -1.67. The molecule has 10 heteroatoms. The highest BCUT2D eigenvalue weighted by molar-refractivity contribution is 6.08. The normalized spacial score (nSPS) is 13.9. The van der Waals surface area contributed by atoms with Gasteiger partial charge in [-0.1, -0.05) is 20.8 Å². The van der Waals surface area contributed by atoms with E-state index in [1.54, 1.807) is 0 Å². The predicted octanol–water partition coefficient (Wildman–Crippen LogP) is 3.01. The number of hydrogen-bond donors (Lipinski definition) is 1. The monoisotopic (exact) mass is 354 g/mol. The van der Waals surface area contributed by atoms with E-state index in [-0.39, 0.29) is 0 Å². The Hall–Kier alpha value is -3.22. The lowest BCUT2D eigenvalue weighted by Gasteiger charge is -2.17. The van der Waals surface area contributed by atoms with Gasteiger partial charge in [0.25, 0.3) is 0 Å². The zero-order valence-corrected chi connectivity index (χ0v) is 13.3. The smallest absolute Gasteiger partial charge is 0.329 e. The summed E-state index contributed by atoms with van der Waals surface area (Å²) in [6.07, 6.45) is 0. The van der Waals surface area contributed by atoms with Crippen molar-refractivity contribution in [1.29, 1.82) is 5.26 Å². The van der Waals surface area contributed by atoms with E-state index in [1.165, 1.54) is 26.8 Å². The number of nitriles is 1. The highest BCUT2D eigenvalue weighted by Gasteiger charge is 2.41. The maximum atomic E-state index is 14.1. The van der Waals surface area contributed by atoms with Crippen molar-refractivity contribution in [2.24, 2.45) is 5.41 Å². The number of carbonyl (C=O) groups excluding carboxylic acids is 1. The first kappa shape index (κ1) is 18.1. The minimum Gasteiger partial charge on any atom is -0.505 e. The molecule has 0 aromatic heterocycles. The molecule has 132 valence electrons. The van der Waals surface area contributed by atoms with Crippen LogP contribution in [0.5, 0.6) is 11.5 Å². The first-order valence-corrected chi connectivity index (χ1v) is 6.85. The molecule has 1 aromatic rings. The molecule has 0 radical (unpaired) electrons. The molecule has 25 heavy (non-hydrogen) atoms. The highest BCUT2D eigenvalue weighted by atomic mass is 19.2. The van der Waals surface area contributed by atoms with Crippen LogP contribution in [0.25, 0.3) is 5.76 Å². The van der Waals surface area contributed by atoms with Crippen LogP contribution in [0.1, 0.15) is 26.3 Å². The van der Waals surface area contributed by atoms with Crippen LogP contribution in [0, 0.1) is 38.5 Å². The summed E-state index contributed by atoms with van der Waals surface area (Å²) < 4.78 is 37.4. The number of fused-ring (bicyclic) bond motifs is 4. The van der Waals surface area contributed by atoms with Crippen LogP contribution >= 0.6 is 0 Å². The summed E-state index contributed by atoms with van der Waals surface area (Å²) in [5, 5.41) is 30.8. The maximum Gasteiger partial charge on any atom is 0.329 e. The molecule has 2 bridgehead atoms. The van der Waals surface area contributed by atoms with Gasteiger partial charge in [-0.25, -0.2) is 0 Å². The third kappa shape index (κ3) is 2.84.